The van der Waals surface area contributed by atoms with Gasteiger partial charge in [0.25, 0.3) is 11.3 Å². The number of carboxylic acid groups (broad SMARTS) is 1. The Morgan fingerprint density at radius 1 is 0.889 bits per heavy atom. The van der Waals surface area contributed by atoms with Gasteiger partial charge in [0.2, 0.25) is 9.84 Å². The SMILES string of the molecule is O=C(O)c1ccc(CCCc2ccccc2N(c2cc(S(=O)(=O)c3ccccc3)cs2)S(=O)O)cc1. The average Bonchev–Trinajstić information content (AvgIpc) is 3.36. The highest BCUT2D eigenvalue weighted by Crippen LogP contribution is 2.37. The zero-order chi connectivity index (χ0) is 25.7. The van der Waals surface area contributed by atoms with E-state index in [-0.39, 0.29) is 15.4 Å². The molecule has 0 amide bonds. The van der Waals surface area contributed by atoms with Gasteiger partial charge in [-0.25, -0.2) is 21.7 Å². The van der Waals surface area contributed by atoms with Crippen molar-refractivity contribution < 1.29 is 27.1 Å². The van der Waals surface area contributed by atoms with Crippen molar-refractivity contribution in [3.05, 3.63) is 107 Å². The van der Waals surface area contributed by atoms with Gasteiger partial charge in [-0.1, -0.05) is 48.5 Å². The summed E-state index contributed by atoms with van der Waals surface area (Å²) in [7, 11) is -3.76. The molecule has 0 fully saturated rings. The van der Waals surface area contributed by atoms with Crippen LogP contribution in [-0.4, -0.2) is 28.3 Å². The highest BCUT2D eigenvalue weighted by Gasteiger charge is 2.24. The predicted octanol–water partition coefficient (Wildman–Crippen LogP) is 5.73. The number of nitrogens with zero attached hydrogens (tertiary/aromatic N) is 1. The topological polar surface area (TPSA) is 112 Å². The van der Waals surface area contributed by atoms with Gasteiger partial charge in [0.15, 0.2) is 0 Å². The summed E-state index contributed by atoms with van der Waals surface area (Å²) in [6.45, 7) is 0. The van der Waals surface area contributed by atoms with Crippen LogP contribution in [0, 0.1) is 0 Å². The molecular weight excluding hydrogens is 518 g/mol. The fourth-order valence-electron chi connectivity index (χ4n) is 3.79. The van der Waals surface area contributed by atoms with E-state index in [2.05, 4.69) is 0 Å². The van der Waals surface area contributed by atoms with Gasteiger partial charge < -0.3 is 5.11 Å². The minimum absolute atomic E-state index is 0.0615. The number of anilines is 2. The van der Waals surface area contributed by atoms with E-state index in [4.69, 9.17) is 5.11 Å². The van der Waals surface area contributed by atoms with Gasteiger partial charge in [-0.2, -0.15) is 0 Å². The molecule has 1 atom stereocenters. The summed E-state index contributed by atoms with van der Waals surface area (Å²) in [5.74, 6) is -0.971. The molecule has 0 aliphatic rings. The number of benzene rings is 3. The van der Waals surface area contributed by atoms with Crippen LogP contribution in [0.2, 0.25) is 0 Å². The molecule has 4 rings (SSSR count). The predicted molar refractivity (Wildman–Crippen MR) is 141 cm³/mol. The van der Waals surface area contributed by atoms with Crippen molar-refractivity contribution in [3.8, 4) is 0 Å². The number of carboxylic acids is 1. The molecule has 0 saturated heterocycles. The maximum absolute atomic E-state index is 13.0. The number of hydrogen-bond donors (Lipinski definition) is 2. The molecule has 3 aromatic carbocycles. The van der Waals surface area contributed by atoms with Gasteiger partial charge in [-0.3, -0.25) is 4.55 Å². The number of sulfone groups is 1. The number of aryl methyl sites for hydroxylation is 2. The van der Waals surface area contributed by atoms with Gasteiger partial charge in [0.05, 0.1) is 21.0 Å². The van der Waals surface area contributed by atoms with Crippen LogP contribution < -0.4 is 4.31 Å². The first kappa shape index (κ1) is 25.8. The third-order valence-corrected chi connectivity index (χ3v) is 9.24. The Labute approximate surface area is 216 Å². The van der Waals surface area contributed by atoms with Crippen LogP contribution in [0.15, 0.2) is 100 Å². The molecule has 0 bridgehead atoms. The molecule has 1 unspecified atom stereocenters. The Morgan fingerprint density at radius 3 is 2.22 bits per heavy atom. The summed E-state index contributed by atoms with van der Waals surface area (Å²) in [6.07, 6.45) is 2.04. The summed E-state index contributed by atoms with van der Waals surface area (Å²) < 4.78 is 49.8. The lowest BCUT2D eigenvalue weighted by Gasteiger charge is -2.21. The summed E-state index contributed by atoms with van der Waals surface area (Å²) in [4.78, 5) is 11.2. The van der Waals surface area contributed by atoms with Crippen LogP contribution in [0.1, 0.15) is 27.9 Å². The molecule has 10 heteroatoms. The number of thiophene rings is 1. The Balaban J connectivity index is 1.56. The standard InChI is InChI=1S/C26H23NO6S3/c28-26(29)21-15-13-19(14-16-21)7-6-9-20-8-4-5-12-24(20)27(35(30)31)25-17-23(18-34-25)36(32,33)22-10-2-1-3-11-22/h1-5,8,10-18H,6-7,9H2,(H,28,29)(H,30,31). The Bertz CT molecular complexity index is 1480. The van der Waals surface area contributed by atoms with E-state index in [1.54, 1.807) is 54.6 Å². The number of para-hydroxylation sites is 1. The first-order chi connectivity index (χ1) is 17.3. The third-order valence-electron chi connectivity index (χ3n) is 5.60. The fourth-order valence-corrected chi connectivity index (χ4v) is 7.14. The highest BCUT2D eigenvalue weighted by atomic mass is 32.2. The number of rotatable bonds is 10. The number of aromatic carboxylic acids is 1. The van der Waals surface area contributed by atoms with Crippen LogP contribution in [-0.2, 0) is 33.9 Å². The second kappa shape index (κ2) is 11.2. The molecular formula is C26H23NO6S3. The Hall–Kier alpha value is -3.31. The Kier molecular flexibility index (Phi) is 8.00. The molecule has 0 aliphatic carbocycles. The van der Waals surface area contributed by atoms with Crippen LogP contribution in [0.4, 0.5) is 10.7 Å². The van der Waals surface area contributed by atoms with Crippen molar-refractivity contribution in [2.45, 2.75) is 29.1 Å². The molecule has 1 heterocycles. The summed E-state index contributed by atoms with van der Waals surface area (Å²) in [5, 5.41) is 10.9. The van der Waals surface area contributed by atoms with E-state index < -0.39 is 27.1 Å². The molecule has 36 heavy (non-hydrogen) atoms. The summed E-state index contributed by atoms with van der Waals surface area (Å²) >= 11 is -1.35. The van der Waals surface area contributed by atoms with Gasteiger partial charge in [-0.05, 0) is 66.8 Å². The molecule has 4 aromatic rings. The molecule has 2 N–H and O–H groups in total. The normalized spacial score (nSPS) is 12.2. The van der Waals surface area contributed by atoms with Crippen molar-refractivity contribution in [1.29, 1.82) is 0 Å². The molecule has 0 saturated carbocycles. The molecule has 0 spiro atoms. The summed E-state index contributed by atoms with van der Waals surface area (Å²) in [6, 6.07) is 23.4. The second-order valence-corrected chi connectivity index (χ2v) is 11.6. The first-order valence-corrected chi connectivity index (χ1v) is 14.4. The van der Waals surface area contributed by atoms with E-state index in [1.807, 2.05) is 12.1 Å². The zero-order valence-electron chi connectivity index (χ0n) is 19.0. The monoisotopic (exact) mass is 541 g/mol. The van der Waals surface area contributed by atoms with E-state index in [1.165, 1.54) is 27.9 Å². The second-order valence-electron chi connectivity index (χ2n) is 7.95. The maximum atomic E-state index is 13.0. The van der Waals surface area contributed by atoms with Crippen LogP contribution >= 0.6 is 11.3 Å². The first-order valence-electron chi connectivity index (χ1n) is 11.0. The molecule has 1 aromatic heterocycles. The lowest BCUT2D eigenvalue weighted by atomic mass is 10.0. The average molecular weight is 542 g/mol. The Morgan fingerprint density at radius 2 is 1.56 bits per heavy atom. The van der Waals surface area contributed by atoms with E-state index in [0.29, 0.717) is 23.5 Å². The van der Waals surface area contributed by atoms with Crippen LogP contribution in [0.25, 0.3) is 0 Å². The van der Waals surface area contributed by atoms with Crippen LogP contribution in [0.3, 0.4) is 0 Å². The molecule has 0 aliphatic heterocycles. The minimum Gasteiger partial charge on any atom is -0.478 e. The smallest absolute Gasteiger partial charge is 0.335 e. The van der Waals surface area contributed by atoms with Crippen molar-refractivity contribution >= 4 is 49.1 Å². The number of carbonyl (C=O) groups is 1. The van der Waals surface area contributed by atoms with Crippen LogP contribution in [0.5, 0.6) is 0 Å². The quantitative estimate of drug-likeness (QED) is 0.248. The van der Waals surface area contributed by atoms with Gasteiger partial charge in [0.1, 0.15) is 5.00 Å². The number of hydrogen-bond acceptors (Lipinski definition) is 5. The van der Waals surface area contributed by atoms with Gasteiger partial charge >= 0.3 is 5.97 Å². The molecule has 0 radical (unpaired) electrons. The molecule has 7 nitrogen and oxygen atoms in total. The van der Waals surface area contributed by atoms with Crippen molar-refractivity contribution in [2.24, 2.45) is 0 Å². The van der Waals surface area contributed by atoms with Crippen molar-refractivity contribution in [2.75, 3.05) is 4.31 Å². The zero-order valence-corrected chi connectivity index (χ0v) is 21.4. The lowest BCUT2D eigenvalue weighted by Crippen LogP contribution is -2.19. The van der Waals surface area contributed by atoms with E-state index in [9.17, 15) is 22.0 Å². The highest BCUT2D eigenvalue weighted by molar-refractivity contribution is 7.91. The van der Waals surface area contributed by atoms with Gasteiger partial charge in [0, 0.05) is 5.38 Å². The maximum Gasteiger partial charge on any atom is 0.335 e. The van der Waals surface area contributed by atoms with Crippen molar-refractivity contribution in [3.63, 3.8) is 0 Å². The molecule has 186 valence electrons. The van der Waals surface area contributed by atoms with Gasteiger partial charge in [-0.15, -0.1) is 11.3 Å². The lowest BCUT2D eigenvalue weighted by molar-refractivity contribution is 0.0697. The largest absolute Gasteiger partial charge is 0.478 e. The fraction of sp³-hybridized carbons (Fsp3) is 0.115. The minimum atomic E-state index is -3.76. The van der Waals surface area contributed by atoms with E-state index >= 15 is 0 Å². The van der Waals surface area contributed by atoms with E-state index in [0.717, 1.165) is 28.9 Å². The van der Waals surface area contributed by atoms with Crippen molar-refractivity contribution in [1.82, 2.24) is 0 Å². The summed E-state index contributed by atoms with van der Waals surface area (Å²) in [5.41, 5.74) is 2.58. The third kappa shape index (κ3) is 5.73.